The number of nitro groups is 1. The van der Waals surface area contributed by atoms with E-state index in [1.54, 1.807) is 12.1 Å². The van der Waals surface area contributed by atoms with Gasteiger partial charge in [-0.1, -0.05) is 22.0 Å². The highest BCUT2D eigenvalue weighted by atomic mass is 79.9. The van der Waals surface area contributed by atoms with Gasteiger partial charge >= 0.3 is 5.69 Å². The number of nitrogens with one attached hydrogen (secondary N) is 1. The summed E-state index contributed by atoms with van der Waals surface area (Å²) >= 11 is 9.98. The van der Waals surface area contributed by atoms with Crippen molar-refractivity contribution in [2.75, 3.05) is 6.61 Å². The number of carbonyl (C=O) groups excluding carboxylic acids is 1. The zero-order valence-corrected chi connectivity index (χ0v) is 17.5. The number of ether oxygens (including phenoxy) is 1. The average Bonchev–Trinajstić information content (AvgIpc) is 2.55. The Morgan fingerprint density at radius 1 is 1.31 bits per heavy atom. The Hall–Kier alpha value is -1.98. The summed E-state index contributed by atoms with van der Waals surface area (Å²) in [7, 11) is 0. The minimum Gasteiger partial charge on any atom is -0.502 e. The Kier molecular flexibility index (Phi) is 7.12. The summed E-state index contributed by atoms with van der Waals surface area (Å²) in [6.45, 7) is -0.308. The summed E-state index contributed by atoms with van der Waals surface area (Å²) < 4.78 is 7.55. The van der Waals surface area contributed by atoms with Crippen LogP contribution in [0.1, 0.15) is 5.56 Å². The molecule has 2 N–H and O–H groups in total. The summed E-state index contributed by atoms with van der Waals surface area (Å²) in [6, 6.07) is 7.51. The first-order valence-corrected chi connectivity index (χ1v) is 9.23. The van der Waals surface area contributed by atoms with Crippen molar-refractivity contribution < 1.29 is 19.6 Å². The largest absolute Gasteiger partial charge is 0.502 e. The minimum absolute atomic E-state index is 0.0961. The van der Waals surface area contributed by atoms with Crippen LogP contribution in [0.15, 0.2) is 48.9 Å². The van der Waals surface area contributed by atoms with Gasteiger partial charge in [-0.25, -0.2) is 5.43 Å². The molecule has 1 amide bonds. The number of benzene rings is 2. The van der Waals surface area contributed by atoms with Gasteiger partial charge in [-0.15, -0.1) is 0 Å². The molecule has 0 atom stereocenters. The van der Waals surface area contributed by atoms with Gasteiger partial charge in [0.25, 0.3) is 5.91 Å². The molecule has 26 heavy (non-hydrogen) atoms. The molecule has 0 aliphatic carbocycles. The quantitative estimate of drug-likeness (QED) is 0.318. The first-order chi connectivity index (χ1) is 12.3. The molecule has 8 nitrogen and oxygen atoms in total. The molecule has 0 aliphatic heterocycles. The third-order valence-corrected chi connectivity index (χ3v) is 4.58. The van der Waals surface area contributed by atoms with E-state index in [1.165, 1.54) is 12.1 Å². The third kappa shape index (κ3) is 5.26. The van der Waals surface area contributed by atoms with Crippen LogP contribution in [0.4, 0.5) is 5.69 Å². The standard InChI is InChI=1S/C15H10Br3N3O5/c16-9-4-10(17)15(11(18)5-9)26-7-13(22)20-19-6-8-2-1-3-12(14(8)23)21(24)25/h1-6,23H,7H2,(H,20,22)/b19-6+. The Labute approximate surface area is 172 Å². The van der Waals surface area contributed by atoms with E-state index in [4.69, 9.17) is 4.74 Å². The van der Waals surface area contributed by atoms with Gasteiger partial charge in [-0.2, -0.15) is 5.10 Å². The van der Waals surface area contributed by atoms with Gasteiger partial charge in [0.2, 0.25) is 5.75 Å². The molecule has 2 rings (SSSR count). The van der Waals surface area contributed by atoms with Crippen LogP contribution in [0.5, 0.6) is 11.5 Å². The number of hydrogen-bond acceptors (Lipinski definition) is 6. The lowest BCUT2D eigenvalue weighted by Crippen LogP contribution is -2.24. The maximum Gasteiger partial charge on any atom is 0.311 e. The Morgan fingerprint density at radius 3 is 2.58 bits per heavy atom. The van der Waals surface area contributed by atoms with Crippen LogP contribution < -0.4 is 10.2 Å². The van der Waals surface area contributed by atoms with E-state index in [0.717, 1.165) is 16.8 Å². The second kappa shape index (κ2) is 9.10. The van der Waals surface area contributed by atoms with Crippen LogP contribution in [-0.2, 0) is 4.79 Å². The number of nitro benzene ring substituents is 1. The van der Waals surface area contributed by atoms with Crippen molar-refractivity contribution in [1.29, 1.82) is 0 Å². The van der Waals surface area contributed by atoms with Crippen molar-refractivity contribution >= 4 is 65.6 Å². The molecule has 136 valence electrons. The lowest BCUT2D eigenvalue weighted by atomic mass is 10.2. The molecule has 0 bridgehead atoms. The van der Waals surface area contributed by atoms with Crippen LogP contribution >= 0.6 is 47.8 Å². The predicted molar refractivity (Wildman–Crippen MR) is 106 cm³/mol. The minimum atomic E-state index is -0.715. The fourth-order valence-electron chi connectivity index (χ4n) is 1.81. The topological polar surface area (TPSA) is 114 Å². The molecule has 0 spiro atoms. The van der Waals surface area contributed by atoms with E-state index in [2.05, 4.69) is 58.3 Å². The van der Waals surface area contributed by atoms with Crippen molar-refractivity contribution in [1.82, 2.24) is 5.43 Å². The number of aromatic hydroxyl groups is 1. The van der Waals surface area contributed by atoms with Crippen molar-refractivity contribution in [3.05, 3.63) is 59.4 Å². The molecule has 2 aromatic carbocycles. The molecule has 0 unspecified atom stereocenters. The molecule has 0 saturated carbocycles. The number of carbonyl (C=O) groups is 1. The molecule has 11 heteroatoms. The maximum absolute atomic E-state index is 11.8. The van der Waals surface area contributed by atoms with Crippen molar-refractivity contribution in [3.63, 3.8) is 0 Å². The van der Waals surface area contributed by atoms with Gasteiger partial charge in [0.05, 0.1) is 20.1 Å². The summed E-state index contributed by atoms with van der Waals surface area (Å²) in [5.41, 5.74) is 1.86. The Balaban J connectivity index is 1.97. The second-order valence-corrected chi connectivity index (χ2v) is 7.38. The highest BCUT2D eigenvalue weighted by Crippen LogP contribution is 2.36. The fourth-order valence-corrected chi connectivity index (χ4v) is 4.30. The normalized spacial score (nSPS) is 10.7. The summed E-state index contributed by atoms with van der Waals surface area (Å²) in [4.78, 5) is 21.8. The molecule has 0 heterocycles. The van der Waals surface area contributed by atoms with Gasteiger partial charge in [-0.3, -0.25) is 14.9 Å². The number of phenolic OH excluding ortho intramolecular Hbond substituents is 1. The van der Waals surface area contributed by atoms with E-state index in [9.17, 15) is 20.0 Å². The number of amides is 1. The fraction of sp³-hybridized carbons (Fsp3) is 0.0667. The zero-order chi connectivity index (χ0) is 19.3. The van der Waals surface area contributed by atoms with Gasteiger partial charge in [0.1, 0.15) is 5.75 Å². The maximum atomic E-state index is 11.8. The van der Waals surface area contributed by atoms with Crippen molar-refractivity contribution in [2.24, 2.45) is 5.10 Å². The highest BCUT2D eigenvalue weighted by molar-refractivity contribution is 9.11. The van der Waals surface area contributed by atoms with Crippen LogP contribution in [0.3, 0.4) is 0 Å². The SMILES string of the molecule is O=C(COc1c(Br)cc(Br)cc1Br)N/N=C/c1cccc([N+](=O)[O-])c1O. The predicted octanol–water partition coefficient (Wildman–Crippen LogP) is 4.12. The lowest BCUT2D eigenvalue weighted by Gasteiger charge is -2.09. The molecule has 0 aliphatic rings. The molecule has 2 aromatic rings. The van der Waals surface area contributed by atoms with Gasteiger partial charge in [0.15, 0.2) is 6.61 Å². The van der Waals surface area contributed by atoms with Crippen molar-refractivity contribution in [3.8, 4) is 11.5 Å². The van der Waals surface area contributed by atoms with Crippen LogP contribution in [0, 0.1) is 10.1 Å². The molecule has 0 radical (unpaired) electrons. The van der Waals surface area contributed by atoms with E-state index in [1.807, 2.05) is 0 Å². The first kappa shape index (κ1) is 20.3. The monoisotopic (exact) mass is 549 g/mol. The molecular weight excluding hydrogens is 542 g/mol. The number of hydrazone groups is 1. The number of nitrogens with zero attached hydrogens (tertiary/aromatic N) is 2. The summed E-state index contributed by atoms with van der Waals surface area (Å²) in [5.74, 6) is -0.633. The highest BCUT2D eigenvalue weighted by Gasteiger charge is 2.15. The third-order valence-electron chi connectivity index (χ3n) is 2.95. The number of halogens is 3. The molecule has 0 aromatic heterocycles. The molecule has 0 fully saturated rings. The Bertz CT molecular complexity index is 866. The summed E-state index contributed by atoms with van der Waals surface area (Å²) in [6.07, 6.45) is 1.10. The number of phenols is 1. The molecular formula is C15H10Br3N3O5. The number of para-hydroxylation sites is 1. The second-order valence-electron chi connectivity index (χ2n) is 4.75. The average molecular weight is 552 g/mol. The van der Waals surface area contributed by atoms with Gasteiger partial charge in [-0.05, 0) is 50.1 Å². The lowest BCUT2D eigenvalue weighted by molar-refractivity contribution is -0.385. The van der Waals surface area contributed by atoms with Gasteiger partial charge < -0.3 is 9.84 Å². The van der Waals surface area contributed by atoms with E-state index >= 15 is 0 Å². The van der Waals surface area contributed by atoms with Gasteiger partial charge in [0, 0.05) is 16.1 Å². The number of rotatable bonds is 6. The Morgan fingerprint density at radius 2 is 1.96 bits per heavy atom. The van der Waals surface area contributed by atoms with Crippen molar-refractivity contribution in [2.45, 2.75) is 0 Å². The smallest absolute Gasteiger partial charge is 0.311 e. The van der Waals surface area contributed by atoms with Crippen LogP contribution in [-0.4, -0.2) is 28.8 Å². The molecule has 0 saturated heterocycles. The summed E-state index contributed by atoms with van der Waals surface area (Å²) in [5, 5.41) is 24.2. The van der Waals surface area contributed by atoms with Crippen LogP contribution in [0.2, 0.25) is 0 Å². The van der Waals surface area contributed by atoms with E-state index < -0.39 is 22.3 Å². The van der Waals surface area contributed by atoms with E-state index in [0.29, 0.717) is 14.7 Å². The van der Waals surface area contributed by atoms with Crippen LogP contribution in [0.25, 0.3) is 0 Å². The zero-order valence-electron chi connectivity index (χ0n) is 12.8. The number of hydrogen-bond donors (Lipinski definition) is 2. The first-order valence-electron chi connectivity index (χ1n) is 6.85. The van der Waals surface area contributed by atoms with E-state index in [-0.39, 0.29) is 12.2 Å².